The highest BCUT2D eigenvalue weighted by Gasteiger charge is 2.11. The fraction of sp³-hybridized carbons (Fsp3) is 0.577. The highest BCUT2D eigenvalue weighted by atomic mass is 32.1. The molecule has 2 aromatic rings. The Bertz CT molecular complexity index is 681. The minimum Gasteiger partial charge on any atom is -0.484 e. The summed E-state index contributed by atoms with van der Waals surface area (Å²) in [6.45, 7) is 3.29. The molecule has 1 heterocycles. The SMILES string of the molecule is CCCCCCCCCCCCCCOc1ccc(C(=O)OCc2ccccc2)s1. The first-order chi connectivity index (χ1) is 14.8. The van der Waals surface area contributed by atoms with E-state index in [1.165, 1.54) is 82.0 Å². The Hall–Kier alpha value is -1.81. The lowest BCUT2D eigenvalue weighted by molar-refractivity contribution is 0.0478. The molecule has 0 aliphatic heterocycles. The normalized spacial score (nSPS) is 10.8. The van der Waals surface area contributed by atoms with Crippen molar-refractivity contribution in [3.05, 3.63) is 52.9 Å². The summed E-state index contributed by atoms with van der Waals surface area (Å²) in [6, 6.07) is 13.4. The average Bonchev–Trinajstić information content (AvgIpc) is 3.25. The number of benzene rings is 1. The third-order valence-electron chi connectivity index (χ3n) is 5.24. The van der Waals surface area contributed by atoms with Gasteiger partial charge in [-0.25, -0.2) is 4.79 Å². The molecule has 30 heavy (non-hydrogen) atoms. The maximum atomic E-state index is 12.2. The molecule has 0 radical (unpaired) electrons. The Morgan fingerprint density at radius 1 is 0.767 bits per heavy atom. The van der Waals surface area contributed by atoms with Crippen LogP contribution in [0.1, 0.15) is 99.2 Å². The van der Waals surface area contributed by atoms with Gasteiger partial charge in [-0.2, -0.15) is 0 Å². The highest BCUT2D eigenvalue weighted by molar-refractivity contribution is 7.15. The van der Waals surface area contributed by atoms with Gasteiger partial charge in [0.2, 0.25) is 0 Å². The molecule has 0 bridgehead atoms. The first kappa shape index (κ1) is 24.5. The van der Waals surface area contributed by atoms with Crippen LogP contribution in [0.5, 0.6) is 5.06 Å². The maximum absolute atomic E-state index is 12.2. The van der Waals surface area contributed by atoms with Crippen LogP contribution < -0.4 is 4.74 Å². The van der Waals surface area contributed by atoms with Gasteiger partial charge in [-0.1, -0.05) is 119 Å². The van der Waals surface area contributed by atoms with Gasteiger partial charge in [0, 0.05) is 0 Å². The molecular weight excluding hydrogens is 392 g/mol. The molecule has 0 N–H and O–H groups in total. The van der Waals surface area contributed by atoms with Crippen LogP contribution in [-0.4, -0.2) is 12.6 Å². The molecule has 0 unspecified atom stereocenters. The monoisotopic (exact) mass is 430 g/mol. The Morgan fingerprint density at radius 3 is 2.00 bits per heavy atom. The van der Waals surface area contributed by atoms with Crippen LogP contribution in [0.2, 0.25) is 0 Å². The van der Waals surface area contributed by atoms with Crippen LogP contribution in [0.15, 0.2) is 42.5 Å². The van der Waals surface area contributed by atoms with E-state index >= 15 is 0 Å². The molecule has 0 saturated carbocycles. The minimum atomic E-state index is -0.288. The molecular formula is C26H38O3S. The van der Waals surface area contributed by atoms with Gasteiger partial charge in [0.25, 0.3) is 0 Å². The number of hydrogen-bond donors (Lipinski definition) is 0. The quantitative estimate of drug-likeness (QED) is 0.187. The molecule has 0 saturated heterocycles. The van der Waals surface area contributed by atoms with Crippen molar-refractivity contribution >= 4 is 17.3 Å². The molecule has 4 heteroatoms. The van der Waals surface area contributed by atoms with Crippen molar-refractivity contribution in [2.75, 3.05) is 6.61 Å². The van der Waals surface area contributed by atoms with E-state index < -0.39 is 0 Å². The van der Waals surface area contributed by atoms with Crippen LogP contribution in [0.3, 0.4) is 0 Å². The molecule has 3 nitrogen and oxygen atoms in total. The standard InChI is InChI=1S/C26H38O3S/c1-2-3-4-5-6-7-8-9-10-11-12-16-21-28-25-20-19-24(30-25)26(27)29-22-23-17-14-13-15-18-23/h13-15,17-20H,2-12,16,21-22H2,1H3. The molecule has 1 aromatic carbocycles. The van der Waals surface area contributed by atoms with E-state index in [1.54, 1.807) is 6.07 Å². The Balaban J connectivity index is 1.45. The van der Waals surface area contributed by atoms with Crippen LogP contribution in [-0.2, 0) is 11.3 Å². The third-order valence-corrected chi connectivity index (χ3v) is 6.22. The lowest BCUT2D eigenvalue weighted by atomic mass is 10.1. The predicted molar refractivity (Wildman–Crippen MR) is 126 cm³/mol. The Labute approximate surface area is 186 Å². The zero-order valence-electron chi connectivity index (χ0n) is 18.6. The van der Waals surface area contributed by atoms with Crippen molar-refractivity contribution in [2.24, 2.45) is 0 Å². The number of thiophene rings is 1. The second-order valence-electron chi connectivity index (χ2n) is 7.92. The van der Waals surface area contributed by atoms with E-state index in [0.717, 1.165) is 23.7 Å². The first-order valence-corrected chi connectivity index (χ1v) is 12.5. The predicted octanol–water partition coefficient (Wildman–Crippen LogP) is 8.19. The van der Waals surface area contributed by atoms with Crippen LogP contribution in [0.25, 0.3) is 0 Å². The molecule has 2 rings (SSSR count). The van der Waals surface area contributed by atoms with Gasteiger partial charge >= 0.3 is 5.97 Å². The number of esters is 1. The molecule has 0 atom stereocenters. The summed E-state index contributed by atoms with van der Waals surface area (Å²) in [5.41, 5.74) is 0.992. The zero-order valence-corrected chi connectivity index (χ0v) is 19.4. The summed E-state index contributed by atoms with van der Waals surface area (Å²) >= 11 is 1.36. The van der Waals surface area contributed by atoms with Crippen molar-refractivity contribution in [3.63, 3.8) is 0 Å². The lowest BCUT2D eigenvalue weighted by Crippen LogP contribution is -2.02. The van der Waals surface area contributed by atoms with Gasteiger partial charge in [-0.15, -0.1) is 0 Å². The summed E-state index contributed by atoms with van der Waals surface area (Å²) in [5, 5.41) is 0.796. The van der Waals surface area contributed by atoms with Crippen LogP contribution in [0.4, 0.5) is 0 Å². The fourth-order valence-corrected chi connectivity index (χ4v) is 4.19. The summed E-state index contributed by atoms with van der Waals surface area (Å²) in [5.74, 6) is -0.288. The second-order valence-corrected chi connectivity index (χ2v) is 8.96. The van der Waals surface area contributed by atoms with Crippen LogP contribution >= 0.6 is 11.3 Å². The van der Waals surface area contributed by atoms with Crippen molar-refractivity contribution in [1.82, 2.24) is 0 Å². The van der Waals surface area contributed by atoms with E-state index in [1.807, 2.05) is 36.4 Å². The van der Waals surface area contributed by atoms with Crippen LogP contribution in [0, 0.1) is 0 Å². The van der Waals surface area contributed by atoms with Gasteiger partial charge in [0.15, 0.2) is 5.06 Å². The maximum Gasteiger partial charge on any atom is 0.348 e. The summed E-state index contributed by atoms with van der Waals surface area (Å²) in [6.07, 6.45) is 16.1. The number of hydrogen-bond acceptors (Lipinski definition) is 4. The van der Waals surface area contributed by atoms with Gasteiger partial charge < -0.3 is 9.47 Å². The second kappa shape index (κ2) is 16.0. The molecule has 0 amide bonds. The third kappa shape index (κ3) is 10.8. The lowest BCUT2D eigenvalue weighted by Gasteiger charge is -2.04. The molecule has 0 spiro atoms. The Morgan fingerprint density at radius 2 is 1.37 bits per heavy atom. The van der Waals surface area contributed by atoms with Crippen molar-refractivity contribution in [2.45, 2.75) is 90.6 Å². The molecule has 1 aromatic heterocycles. The number of rotatable bonds is 17. The molecule has 0 aliphatic rings. The van der Waals surface area contributed by atoms with Gasteiger partial charge in [-0.3, -0.25) is 0 Å². The summed E-state index contributed by atoms with van der Waals surface area (Å²) in [4.78, 5) is 12.7. The number of carbonyl (C=O) groups excluding carboxylic acids is 1. The largest absolute Gasteiger partial charge is 0.484 e. The molecule has 0 fully saturated rings. The molecule has 166 valence electrons. The zero-order chi connectivity index (χ0) is 21.3. The number of ether oxygens (including phenoxy) is 2. The molecule has 0 aliphatic carbocycles. The topological polar surface area (TPSA) is 35.5 Å². The first-order valence-electron chi connectivity index (χ1n) is 11.7. The van der Waals surface area contributed by atoms with Gasteiger partial charge in [0.1, 0.15) is 11.5 Å². The smallest absolute Gasteiger partial charge is 0.348 e. The van der Waals surface area contributed by atoms with Crippen molar-refractivity contribution < 1.29 is 14.3 Å². The van der Waals surface area contributed by atoms with Gasteiger partial charge in [-0.05, 0) is 24.1 Å². The van der Waals surface area contributed by atoms with E-state index in [2.05, 4.69) is 6.92 Å². The highest BCUT2D eigenvalue weighted by Crippen LogP contribution is 2.25. The number of unbranched alkanes of at least 4 members (excludes halogenated alkanes) is 11. The summed E-state index contributed by atoms with van der Waals surface area (Å²) < 4.78 is 11.2. The van der Waals surface area contributed by atoms with E-state index in [0.29, 0.717) is 11.5 Å². The fourth-order valence-electron chi connectivity index (χ4n) is 3.42. The summed E-state index contributed by atoms with van der Waals surface area (Å²) in [7, 11) is 0. The van der Waals surface area contributed by atoms with Crippen molar-refractivity contribution in [3.8, 4) is 5.06 Å². The van der Waals surface area contributed by atoms with E-state index in [9.17, 15) is 4.79 Å². The number of carbonyl (C=O) groups is 1. The minimum absolute atomic E-state index is 0.288. The average molecular weight is 431 g/mol. The van der Waals surface area contributed by atoms with Crippen molar-refractivity contribution in [1.29, 1.82) is 0 Å². The van der Waals surface area contributed by atoms with E-state index in [-0.39, 0.29) is 5.97 Å². The van der Waals surface area contributed by atoms with E-state index in [4.69, 9.17) is 9.47 Å². The Kier molecular flexibility index (Phi) is 13.0. The van der Waals surface area contributed by atoms with Gasteiger partial charge in [0.05, 0.1) is 6.61 Å².